The van der Waals surface area contributed by atoms with E-state index in [2.05, 4.69) is 5.32 Å². The van der Waals surface area contributed by atoms with Gasteiger partial charge in [0.25, 0.3) is 0 Å². The number of fused-ring (bicyclic) bond motifs is 1. The molecule has 2 aliphatic carbocycles. The summed E-state index contributed by atoms with van der Waals surface area (Å²) in [5.41, 5.74) is 1.14. The van der Waals surface area contributed by atoms with Crippen molar-refractivity contribution in [2.75, 3.05) is 5.32 Å². The lowest BCUT2D eigenvalue weighted by molar-refractivity contribution is 0.0698. The van der Waals surface area contributed by atoms with E-state index in [9.17, 15) is 4.79 Å². The molecule has 0 bridgehead atoms. The standard InChI is InChI=1S/C13H15NO2/c15-13(16)11-3-1-2-4-12(11)14-10-6-8-5-9(8)7-10/h1-4,8-10,14H,5-7H2,(H,15,16)/t8-,9+,10?. The lowest BCUT2D eigenvalue weighted by Gasteiger charge is -2.17. The van der Waals surface area contributed by atoms with Crippen molar-refractivity contribution in [3.8, 4) is 0 Å². The van der Waals surface area contributed by atoms with Gasteiger partial charge in [-0.15, -0.1) is 0 Å². The van der Waals surface area contributed by atoms with Gasteiger partial charge in [0.05, 0.1) is 5.56 Å². The van der Waals surface area contributed by atoms with Gasteiger partial charge < -0.3 is 10.4 Å². The minimum Gasteiger partial charge on any atom is -0.478 e. The van der Waals surface area contributed by atoms with Crippen molar-refractivity contribution in [3.05, 3.63) is 29.8 Å². The number of carbonyl (C=O) groups is 1. The van der Waals surface area contributed by atoms with Crippen LogP contribution in [0.3, 0.4) is 0 Å². The Bertz CT molecular complexity index is 420. The lowest BCUT2D eigenvalue weighted by Crippen LogP contribution is -2.18. The fourth-order valence-corrected chi connectivity index (χ4v) is 2.85. The predicted molar refractivity (Wildman–Crippen MR) is 61.6 cm³/mol. The molecule has 16 heavy (non-hydrogen) atoms. The van der Waals surface area contributed by atoms with E-state index < -0.39 is 5.97 Å². The van der Waals surface area contributed by atoms with Gasteiger partial charge in [0, 0.05) is 11.7 Å². The van der Waals surface area contributed by atoms with E-state index in [4.69, 9.17) is 5.11 Å². The van der Waals surface area contributed by atoms with E-state index in [0.29, 0.717) is 11.6 Å². The van der Waals surface area contributed by atoms with Crippen molar-refractivity contribution in [3.63, 3.8) is 0 Å². The van der Waals surface area contributed by atoms with Gasteiger partial charge in [0.1, 0.15) is 0 Å². The highest BCUT2D eigenvalue weighted by atomic mass is 16.4. The molecule has 0 saturated heterocycles. The highest BCUT2D eigenvalue weighted by Gasteiger charge is 2.45. The van der Waals surface area contributed by atoms with Crippen LogP contribution < -0.4 is 5.32 Å². The number of benzene rings is 1. The zero-order valence-electron chi connectivity index (χ0n) is 9.02. The zero-order chi connectivity index (χ0) is 11.1. The fraction of sp³-hybridized carbons (Fsp3) is 0.462. The second-order valence-electron chi connectivity index (χ2n) is 4.92. The van der Waals surface area contributed by atoms with Gasteiger partial charge in [-0.05, 0) is 43.2 Å². The number of rotatable bonds is 3. The number of hydrogen-bond acceptors (Lipinski definition) is 2. The van der Waals surface area contributed by atoms with Crippen LogP contribution in [0.4, 0.5) is 5.69 Å². The van der Waals surface area contributed by atoms with Crippen molar-refractivity contribution in [1.29, 1.82) is 0 Å². The van der Waals surface area contributed by atoms with Crippen LogP contribution in [0.15, 0.2) is 24.3 Å². The maximum atomic E-state index is 11.0. The molecule has 2 aliphatic rings. The SMILES string of the molecule is O=C(O)c1ccccc1NC1C[C@@H]2C[C@@H]2C1. The summed E-state index contributed by atoms with van der Waals surface area (Å²) in [5, 5.41) is 12.4. The molecule has 0 spiro atoms. The Morgan fingerprint density at radius 3 is 2.56 bits per heavy atom. The summed E-state index contributed by atoms with van der Waals surface area (Å²) in [6, 6.07) is 7.63. The Kier molecular flexibility index (Phi) is 2.13. The molecule has 0 aliphatic heterocycles. The Balaban J connectivity index is 1.75. The highest BCUT2D eigenvalue weighted by Crippen LogP contribution is 2.52. The van der Waals surface area contributed by atoms with Crippen LogP contribution in [-0.2, 0) is 0 Å². The molecule has 1 unspecified atom stereocenters. The van der Waals surface area contributed by atoms with Crippen molar-refractivity contribution < 1.29 is 9.90 Å². The minimum atomic E-state index is -0.855. The topological polar surface area (TPSA) is 49.3 Å². The maximum absolute atomic E-state index is 11.0. The van der Waals surface area contributed by atoms with E-state index in [1.807, 2.05) is 12.1 Å². The van der Waals surface area contributed by atoms with Gasteiger partial charge in [0.2, 0.25) is 0 Å². The summed E-state index contributed by atoms with van der Waals surface area (Å²) in [4.78, 5) is 11.0. The summed E-state index contributed by atoms with van der Waals surface area (Å²) in [6.07, 6.45) is 3.80. The Labute approximate surface area is 94.5 Å². The van der Waals surface area contributed by atoms with Gasteiger partial charge >= 0.3 is 5.97 Å². The predicted octanol–water partition coefficient (Wildman–Crippen LogP) is 2.60. The molecule has 0 amide bonds. The normalized spacial score (nSPS) is 30.9. The second-order valence-corrected chi connectivity index (χ2v) is 4.92. The molecule has 84 valence electrons. The van der Waals surface area contributed by atoms with Crippen molar-refractivity contribution in [2.24, 2.45) is 11.8 Å². The highest BCUT2D eigenvalue weighted by molar-refractivity contribution is 5.94. The average molecular weight is 217 g/mol. The number of hydrogen-bond donors (Lipinski definition) is 2. The van der Waals surface area contributed by atoms with Gasteiger partial charge in [0.15, 0.2) is 0 Å². The smallest absolute Gasteiger partial charge is 0.337 e. The Morgan fingerprint density at radius 2 is 1.88 bits per heavy atom. The van der Waals surface area contributed by atoms with E-state index in [1.54, 1.807) is 12.1 Å². The molecule has 3 heteroatoms. The van der Waals surface area contributed by atoms with Crippen LogP contribution in [0.5, 0.6) is 0 Å². The fourth-order valence-electron chi connectivity index (χ4n) is 2.85. The molecular weight excluding hydrogens is 202 g/mol. The quantitative estimate of drug-likeness (QED) is 0.818. The molecular formula is C13H15NO2. The molecule has 0 radical (unpaired) electrons. The molecule has 3 rings (SSSR count). The maximum Gasteiger partial charge on any atom is 0.337 e. The van der Waals surface area contributed by atoms with E-state index in [-0.39, 0.29) is 0 Å². The Hall–Kier alpha value is -1.51. The number of aromatic carboxylic acids is 1. The van der Waals surface area contributed by atoms with Crippen LogP contribution in [0.25, 0.3) is 0 Å². The minimum absolute atomic E-state index is 0.378. The van der Waals surface area contributed by atoms with Crippen LogP contribution in [0, 0.1) is 11.8 Å². The third-order valence-electron chi connectivity index (χ3n) is 3.76. The molecule has 0 aromatic heterocycles. The number of nitrogens with one attached hydrogen (secondary N) is 1. The average Bonchev–Trinajstić information content (AvgIpc) is 2.87. The molecule has 1 aromatic carbocycles. The largest absolute Gasteiger partial charge is 0.478 e. The van der Waals surface area contributed by atoms with E-state index >= 15 is 0 Å². The van der Waals surface area contributed by atoms with E-state index in [0.717, 1.165) is 17.5 Å². The monoisotopic (exact) mass is 217 g/mol. The van der Waals surface area contributed by atoms with Crippen LogP contribution in [0.2, 0.25) is 0 Å². The van der Waals surface area contributed by atoms with Gasteiger partial charge in [-0.2, -0.15) is 0 Å². The first kappa shape index (κ1) is 9.70. The summed E-state index contributed by atoms with van der Waals surface area (Å²) in [6.45, 7) is 0. The molecule has 2 N–H and O–H groups in total. The summed E-state index contributed by atoms with van der Waals surface area (Å²) in [5.74, 6) is 0.968. The van der Waals surface area contributed by atoms with Gasteiger partial charge in [-0.25, -0.2) is 4.79 Å². The van der Waals surface area contributed by atoms with Crippen molar-refractivity contribution in [1.82, 2.24) is 0 Å². The zero-order valence-corrected chi connectivity index (χ0v) is 9.02. The van der Waals surface area contributed by atoms with Gasteiger partial charge in [-0.1, -0.05) is 12.1 Å². The first-order valence-corrected chi connectivity index (χ1v) is 5.83. The first-order valence-electron chi connectivity index (χ1n) is 5.83. The third kappa shape index (κ3) is 1.66. The second kappa shape index (κ2) is 3.51. The number of carboxylic acids is 1. The summed E-state index contributed by atoms with van der Waals surface area (Å²) < 4.78 is 0. The Morgan fingerprint density at radius 1 is 1.19 bits per heavy atom. The molecule has 3 nitrogen and oxygen atoms in total. The number of para-hydroxylation sites is 1. The first-order chi connectivity index (χ1) is 7.74. The molecule has 2 saturated carbocycles. The van der Waals surface area contributed by atoms with Crippen molar-refractivity contribution >= 4 is 11.7 Å². The van der Waals surface area contributed by atoms with E-state index in [1.165, 1.54) is 19.3 Å². The number of carboxylic acid groups (broad SMARTS) is 1. The lowest BCUT2D eigenvalue weighted by atomic mass is 10.1. The van der Waals surface area contributed by atoms with Crippen LogP contribution >= 0.6 is 0 Å². The molecule has 0 heterocycles. The number of anilines is 1. The van der Waals surface area contributed by atoms with Crippen molar-refractivity contribution in [2.45, 2.75) is 25.3 Å². The summed E-state index contributed by atoms with van der Waals surface area (Å²) >= 11 is 0. The van der Waals surface area contributed by atoms with Crippen LogP contribution in [0.1, 0.15) is 29.6 Å². The summed E-state index contributed by atoms with van der Waals surface area (Å²) in [7, 11) is 0. The molecule has 3 atom stereocenters. The molecule has 2 fully saturated rings. The van der Waals surface area contributed by atoms with Gasteiger partial charge in [-0.3, -0.25) is 0 Å². The van der Waals surface area contributed by atoms with Crippen LogP contribution in [-0.4, -0.2) is 17.1 Å². The molecule has 1 aromatic rings. The third-order valence-corrected chi connectivity index (χ3v) is 3.76.